The van der Waals surface area contributed by atoms with Crippen molar-refractivity contribution in [2.45, 2.75) is 25.3 Å². The maximum atomic E-state index is 6.12. The average Bonchev–Trinajstić information content (AvgIpc) is 2.74. The molecular weight excluding hydrogens is 242 g/mol. The van der Waals surface area contributed by atoms with Crippen molar-refractivity contribution < 1.29 is 0 Å². The molecule has 2 aliphatic rings. The van der Waals surface area contributed by atoms with E-state index in [-0.39, 0.29) is 5.54 Å². The Labute approximate surface area is 116 Å². The third-order valence-electron chi connectivity index (χ3n) is 5.12. The predicted molar refractivity (Wildman–Crippen MR) is 81.1 cm³/mol. The minimum absolute atomic E-state index is 0.258. The van der Waals surface area contributed by atoms with E-state index in [1.165, 1.54) is 44.0 Å². The maximum Gasteiger partial charge on any atom is 0.0452 e. The van der Waals surface area contributed by atoms with Crippen LogP contribution < -0.4 is 5.73 Å². The Balaban J connectivity index is 1.92. The third kappa shape index (κ3) is 2.87. The largest absolute Gasteiger partial charge is 0.329 e. The second-order valence-corrected chi connectivity index (χ2v) is 7.38. The normalized spacial score (nSPS) is 35.5. The Morgan fingerprint density at radius 3 is 2.56 bits per heavy atom. The summed E-state index contributed by atoms with van der Waals surface area (Å²) in [5.74, 6) is 4.08. The standard InChI is InChI=1S/C14H29N3S/c1-12-9-18-11-14(12,10-15)17(3)8-13-4-6-16(2)7-5-13/h12-13H,4-11,15H2,1-3H3. The minimum Gasteiger partial charge on any atom is -0.329 e. The van der Waals surface area contributed by atoms with Gasteiger partial charge in [-0.25, -0.2) is 0 Å². The van der Waals surface area contributed by atoms with Gasteiger partial charge in [0.2, 0.25) is 0 Å². The molecule has 2 N–H and O–H groups in total. The quantitative estimate of drug-likeness (QED) is 0.836. The van der Waals surface area contributed by atoms with E-state index in [0.29, 0.717) is 0 Å². The second-order valence-electron chi connectivity index (χ2n) is 6.35. The molecule has 0 amide bonds. The zero-order valence-corrected chi connectivity index (χ0v) is 13.0. The lowest BCUT2D eigenvalue weighted by Crippen LogP contribution is -2.57. The van der Waals surface area contributed by atoms with Crippen LogP contribution in [0.4, 0.5) is 0 Å². The first-order valence-electron chi connectivity index (χ1n) is 7.26. The number of piperidine rings is 1. The fraction of sp³-hybridized carbons (Fsp3) is 1.00. The van der Waals surface area contributed by atoms with E-state index < -0.39 is 0 Å². The number of hydrogen-bond acceptors (Lipinski definition) is 4. The molecule has 4 heteroatoms. The van der Waals surface area contributed by atoms with Crippen molar-refractivity contribution in [2.24, 2.45) is 17.6 Å². The summed E-state index contributed by atoms with van der Waals surface area (Å²) in [6.07, 6.45) is 2.70. The molecule has 106 valence electrons. The lowest BCUT2D eigenvalue weighted by Gasteiger charge is -2.43. The third-order valence-corrected chi connectivity index (χ3v) is 6.56. The fourth-order valence-electron chi connectivity index (χ4n) is 3.43. The van der Waals surface area contributed by atoms with Crippen molar-refractivity contribution >= 4 is 11.8 Å². The molecule has 0 aliphatic carbocycles. The molecule has 0 radical (unpaired) electrons. The van der Waals surface area contributed by atoms with Gasteiger partial charge in [0, 0.05) is 24.4 Å². The lowest BCUT2D eigenvalue weighted by molar-refractivity contribution is 0.0745. The molecule has 2 unspecified atom stereocenters. The van der Waals surface area contributed by atoms with Crippen LogP contribution in [0, 0.1) is 11.8 Å². The molecule has 2 fully saturated rings. The van der Waals surface area contributed by atoms with Gasteiger partial charge in [-0.15, -0.1) is 0 Å². The average molecular weight is 271 g/mol. The highest BCUT2D eigenvalue weighted by Crippen LogP contribution is 2.37. The molecule has 2 saturated heterocycles. The predicted octanol–water partition coefficient (Wildman–Crippen LogP) is 1.34. The van der Waals surface area contributed by atoms with Crippen LogP contribution in [0.5, 0.6) is 0 Å². The van der Waals surface area contributed by atoms with Gasteiger partial charge in [0.1, 0.15) is 0 Å². The Morgan fingerprint density at radius 2 is 2.06 bits per heavy atom. The summed E-state index contributed by atoms with van der Waals surface area (Å²) in [7, 11) is 4.53. The lowest BCUT2D eigenvalue weighted by atomic mass is 9.85. The van der Waals surface area contributed by atoms with Gasteiger partial charge in [-0.3, -0.25) is 4.90 Å². The zero-order chi connectivity index (χ0) is 13.2. The van der Waals surface area contributed by atoms with E-state index in [1.54, 1.807) is 0 Å². The van der Waals surface area contributed by atoms with E-state index in [9.17, 15) is 0 Å². The summed E-state index contributed by atoms with van der Waals surface area (Å²) in [6, 6.07) is 0. The van der Waals surface area contributed by atoms with Crippen LogP contribution in [0.1, 0.15) is 19.8 Å². The summed E-state index contributed by atoms with van der Waals surface area (Å²) in [5, 5.41) is 0. The Bertz CT molecular complexity index is 266. The van der Waals surface area contributed by atoms with Gasteiger partial charge in [0.15, 0.2) is 0 Å². The Morgan fingerprint density at radius 1 is 1.39 bits per heavy atom. The van der Waals surface area contributed by atoms with Crippen LogP contribution in [0.3, 0.4) is 0 Å². The number of rotatable bonds is 4. The maximum absolute atomic E-state index is 6.12. The number of likely N-dealkylation sites (N-methyl/N-ethyl adjacent to an activating group) is 1. The summed E-state index contributed by atoms with van der Waals surface area (Å²) < 4.78 is 0. The molecule has 0 aromatic heterocycles. The van der Waals surface area contributed by atoms with Crippen LogP contribution in [-0.2, 0) is 0 Å². The van der Waals surface area contributed by atoms with Gasteiger partial charge >= 0.3 is 0 Å². The van der Waals surface area contributed by atoms with Gasteiger partial charge in [-0.2, -0.15) is 11.8 Å². The first-order valence-corrected chi connectivity index (χ1v) is 8.41. The van der Waals surface area contributed by atoms with Gasteiger partial charge in [-0.05, 0) is 57.6 Å². The summed E-state index contributed by atoms with van der Waals surface area (Å²) in [4.78, 5) is 5.04. The molecule has 2 aliphatic heterocycles. The van der Waals surface area contributed by atoms with E-state index in [2.05, 4.69) is 42.6 Å². The summed E-state index contributed by atoms with van der Waals surface area (Å²) in [6.45, 7) is 6.94. The molecule has 0 spiro atoms. The van der Waals surface area contributed by atoms with Gasteiger partial charge in [0.05, 0.1) is 0 Å². The highest BCUT2D eigenvalue weighted by molar-refractivity contribution is 7.99. The molecule has 3 nitrogen and oxygen atoms in total. The molecule has 2 rings (SSSR count). The number of thioether (sulfide) groups is 1. The second kappa shape index (κ2) is 6.12. The van der Waals surface area contributed by atoms with Crippen LogP contribution in [0.2, 0.25) is 0 Å². The van der Waals surface area contributed by atoms with E-state index in [0.717, 1.165) is 18.4 Å². The van der Waals surface area contributed by atoms with Crippen LogP contribution in [0.25, 0.3) is 0 Å². The van der Waals surface area contributed by atoms with Gasteiger partial charge in [-0.1, -0.05) is 6.92 Å². The molecule has 0 aromatic rings. The monoisotopic (exact) mass is 271 g/mol. The van der Waals surface area contributed by atoms with Crippen LogP contribution in [0.15, 0.2) is 0 Å². The minimum atomic E-state index is 0.258. The number of nitrogens with two attached hydrogens (primary N) is 1. The summed E-state index contributed by atoms with van der Waals surface area (Å²) in [5.41, 5.74) is 6.38. The van der Waals surface area contributed by atoms with E-state index in [1.807, 2.05) is 0 Å². The zero-order valence-electron chi connectivity index (χ0n) is 12.2. The Kier molecular flexibility index (Phi) is 4.98. The molecule has 0 saturated carbocycles. The molecule has 2 atom stereocenters. The van der Waals surface area contributed by atoms with E-state index >= 15 is 0 Å². The number of nitrogens with zero attached hydrogens (tertiary/aromatic N) is 2. The first kappa shape index (κ1) is 14.6. The van der Waals surface area contributed by atoms with Crippen LogP contribution >= 0.6 is 11.8 Å². The molecular formula is C14H29N3S. The fourth-order valence-corrected chi connectivity index (χ4v) is 5.18. The highest BCUT2D eigenvalue weighted by Gasteiger charge is 2.43. The van der Waals surface area contributed by atoms with Crippen molar-refractivity contribution in [2.75, 3.05) is 51.8 Å². The van der Waals surface area contributed by atoms with Crippen LogP contribution in [-0.4, -0.2) is 67.1 Å². The van der Waals surface area contributed by atoms with Gasteiger partial charge in [0.25, 0.3) is 0 Å². The molecule has 18 heavy (non-hydrogen) atoms. The number of likely N-dealkylation sites (tertiary alicyclic amines) is 1. The van der Waals surface area contributed by atoms with Gasteiger partial charge < -0.3 is 10.6 Å². The van der Waals surface area contributed by atoms with Crippen molar-refractivity contribution in [3.63, 3.8) is 0 Å². The smallest absolute Gasteiger partial charge is 0.0452 e. The molecule has 0 aromatic carbocycles. The van der Waals surface area contributed by atoms with E-state index in [4.69, 9.17) is 5.73 Å². The topological polar surface area (TPSA) is 32.5 Å². The molecule has 0 bridgehead atoms. The molecule has 2 heterocycles. The van der Waals surface area contributed by atoms with Crippen molar-refractivity contribution in [3.05, 3.63) is 0 Å². The SMILES string of the molecule is CC1CSCC1(CN)N(C)CC1CCN(C)CC1. The highest BCUT2D eigenvalue weighted by atomic mass is 32.2. The van der Waals surface area contributed by atoms with Crippen molar-refractivity contribution in [1.82, 2.24) is 9.80 Å². The first-order chi connectivity index (χ1) is 8.58. The number of hydrogen-bond donors (Lipinski definition) is 1. The summed E-state index contributed by atoms with van der Waals surface area (Å²) >= 11 is 2.07. The Hall–Kier alpha value is 0.230. The van der Waals surface area contributed by atoms with Crippen molar-refractivity contribution in [1.29, 1.82) is 0 Å². The van der Waals surface area contributed by atoms with Crippen molar-refractivity contribution in [3.8, 4) is 0 Å².